The van der Waals surface area contributed by atoms with E-state index in [1.807, 2.05) is 12.1 Å². The third-order valence-corrected chi connectivity index (χ3v) is 6.17. The van der Waals surface area contributed by atoms with Crippen LogP contribution in [0.1, 0.15) is 55.4 Å². The zero-order chi connectivity index (χ0) is 20.5. The van der Waals surface area contributed by atoms with Gasteiger partial charge in [0.2, 0.25) is 11.7 Å². The van der Waals surface area contributed by atoms with Crippen molar-refractivity contribution in [1.82, 2.24) is 30.3 Å². The van der Waals surface area contributed by atoms with E-state index in [0.29, 0.717) is 29.7 Å². The molecular weight excluding hydrogens is 404 g/mol. The van der Waals surface area contributed by atoms with Crippen molar-refractivity contribution in [2.45, 2.75) is 57.2 Å². The highest BCUT2D eigenvalue weighted by atomic mass is 35.5. The Bertz CT molecular complexity index is 1020. The van der Waals surface area contributed by atoms with Gasteiger partial charge in [0.1, 0.15) is 6.04 Å². The normalized spacial score (nSPS) is 19.5. The summed E-state index contributed by atoms with van der Waals surface area (Å²) >= 11 is 5.97. The van der Waals surface area contributed by atoms with Gasteiger partial charge in [0.25, 0.3) is 0 Å². The maximum Gasteiger partial charge on any atom is 0.318 e. The fraction of sp³-hybridized carbons (Fsp3) is 0.429. The molecule has 2 aliphatic rings. The lowest BCUT2D eigenvalue weighted by atomic mass is 9.95. The summed E-state index contributed by atoms with van der Waals surface area (Å²) in [5, 5.41) is 7.98. The number of H-pyrrole nitrogens is 1. The predicted molar refractivity (Wildman–Crippen MR) is 111 cm³/mol. The van der Waals surface area contributed by atoms with Gasteiger partial charge in [-0.05, 0) is 37.1 Å². The molecule has 1 unspecified atom stereocenters. The third-order valence-electron chi connectivity index (χ3n) is 5.92. The predicted octanol–water partition coefficient (Wildman–Crippen LogP) is 4.25. The second kappa shape index (κ2) is 8.10. The maximum absolute atomic E-state index is 13.2. The van der Waals surface area contributed by atoms with Crippen LogP contribution in [0.4, 0.5) is 4.79 Å². The minimum atomic E-state index is -0.363. The zero-order valence-corrected chi connectivity index (χ0v) is 17.2. The number of benzene rings is 1. The fourth-order valence-electron chi connectivity index (χ4n) is 4.26. The monoisotopic (exact) mass is 426 g/mol. The molecule has 1 aliphatic heterocycles. The van der Waals surface area contributed by atoms with Crippen LogP contribution in [0.2, 0.25) is 5.02 Å². The van der Waals surface area contributed by atoms with Gasteiger partial charge in [-0.2, -0.15) is 4.98 Å². The Morgan fingerprint density at radius 3 is 2.80 bits per heavy atom. The number of hydrogen-bond acceptors (Lipinski definition) is 5. The standard InChI is InChI=1S/C21H23ClN6O2/c22-14-8-6-13(7-9-14)19-26-20(30-27-19)18-10-16-17(24-12-23-16)11-28(18)21(29)25-15-4-2-1-3-5-15/h6-9,12,15,18H,1-5,10-11H2,(H,23,24)(H,25,29). The quantitative estimate of drug-likeness (QED) is 0.651. The number of amides is 2. The van der Waals surface area contributed by atoms with Crippen molar-refractivity contribution < 1.29 is 9.32 Å². The molecule has 0 saturated heterocycles. The Balaban J connectivity index is 1.41. The Hall–Kier alpha value is -2.87. The highest BCUT2D eigenvalue weighted by Gasteiger charge is 2.36. The minimum Gasteiger partial charge on any atom is -0.347 e. The molecule has 1 fully saturated rings. The molecule has 3 heterocycles. The minimum absolute atomic E-state index is 0.0987. The van der Waals surface area contributed by atoms with Gasteiger partial charge >= 0.3 is 6.03 Å². The van der Waals surface area contributed by atoms with Crippen LogP contribution in [0.15, 0.2) is 35.1 Å². The van der Waals surface area contributed by atoms with E-state index in [9.17, 15) is 4.79 Å². The molecule has 1 atom stereocenters. The van der Waals surface area contributed by atoms with Crippen molar-refractivity contribution in [3.05, 3.63) is 52.9 Å². The molecule has 5 rings (SSSR count). The lowest BCUT2D eigenvalue weighted by Gasteiger charge is -2.34. The van der Waals surface area contributed by atoms with Crippen LogP contribution in [-0.2, 0) is 13.0 Å². The van der Waals surface area contributed by atoms with Crippen molar-refractivity contribution in [2.24, 2.45) is 0 Å². The van der Waals surface area contributed by atoms with Gasteiger partial charge in [-0.3, -0.25) is 0 Å². The number of halogens is 1. The Labute approximate surface area is 179 Å². The van der Waals surface area contributed by atoms with Crippen LogP contribution >= 0.6 is 11.6 Å². The Kier molecular flexibility index (Phi) is 5.16. The molecule has 8 nitrogen and oxygen atoms in total. The van der Waals surface area contributed by atoms with Gasteiger partial charge in [-0.15, -0.1) is 0 Å². The van der Waals surface area contributed by atoms with Gasteiger partial charge in [-0.1, -0.05) is 36.0 Å². The SMILES string of the molecule is O=C(NC1CCCCC1)N1Cc2[nH]cnc2CC1c1nc(-c2ccc(Cl)cc2)no1. The van der Waals surface area contributed by atoms with Gasteiger partial charge < -0.3 is 19.7 Å². The number of aromatic nitrogens is 4. The lowest BCUT2D eigenvalue weighted by Crippen LogP contribution is -2.48. The number of carbonyl (C=O) groups excluding carboxylic acids is 1. The van der Waals surface area contributed by atoms with E-state index in [-0.39, 0.29) is 18.1 Å². The number of fused-ring (bicyclic) bond motifs is 1. The molecule has 0 spiro atoms. The molecule has 0 bridgehead atoms. The van der Waals surface area contributed by atoms with E-state index in [1.165, 1.54) is 6.42 Å². The van der Waals surface area contributed by atoms with Crippen LogP contribution < -0.4 is 5.32 Å². The summed E-state index contributed by atoms with van der Waals surface area (Å²) in [5.74, 6) is 0.884. The second-order valence-electron chi connectivity index (χ2n) is 7.92. The van der Waals surface area contributed by atoms with Crippen molar-refractivity contribution in [3.8, 4) is 11.4 Å². The summed E-state index contributed by atoms with van der Waals surface area (Å²) in [5.41, 5.74) is 2.68. The number of nitrogens with one attached hydrogen (secondary N) is 2. The average molecular weight is 427 g/mol. The molecule has 1 aromatic carbocycles. The van der Waals surface area contributed by atoms with Crippen molar-refractivity contribution in [2.75, 3.05) is 0 Å². The molecule has 0 radical (unpaired) electrons. The summed E-state index contributed by atoms with van der Waals surface area (Å²) in [6.45, 7) is 0.428. The van der Waals surface area contributed by atoms with Crippen LogP contribution in [0, 0.1) is 0 Å². The number of rotatable bonds is 3. The molecular formula is C21H23ClN6O2. The van der Waals surface area contributed by atoms with Gasteiger partial charge in [0.05, 0.1) is 24.3 Å². The molecule has 2 amide bonds. The first-order valence-corrected chi connectivity index (χ1v) is 10.7. The smallest absolute Gasteiger partial charge is 0.318 e. The van der Waals surface area contributed by atoms with Crippen LogP contribution in [0.25, 0.3) is 11.4 Å². The molecule has 3 aromatic rings. The summed E-state index contributed by atoms with van der Waals surface area (Å²) < 4.78 is 5.60. The van der Waals surface area contributed by atoms with E-state index in [2.05, 4.69) is 25.4 Å². The summed E-state index contributed by atoms with van der Waals surface area (Å²) in [6.07, 6.45) is 7.81. The largest absolute Gasteiger partial charge is 0.347 e. The zero-order valence-electron chi connectivity index (χ0n) is 16.5. The van der Waals surface area contributed by atoms with Gasteiger partial charge in [-0.25, -0.2) is 9.78 Å². The number of nitrogens with zero attached hydrogens (tertiary/aromatic N) is 4. The second-order valence-corrected chi connectivity index (χ2v) is 8.36. The summed E-state index contributed by atoms with van der Waals surface area (Å²) in [6, 6.07) is 7.02. The highest BCUT2D eigenvalue weighted by Crippen LogP contribution is 2.32. The number of carbonyl (C=O) groups is 1. The van der Waals surface area contributed by atoms with E-state index >= 15 is 0 Å². The average Bonchev–Trinajstić information content (AvgIpc) is 3.43. The Morgan fingerprint density at radius 1 is 1.20 bits per heavy atom. The molecule has 1 aliphatic carbocycles. The van der Waals surface area contributed by atoms with Gasteiger partial charge in [0.15, 0.2) is 0 Å². The topological polar surface area (TPSA) is 99.9 Å². The molecule has 30 heavy (non-hydrogen) atoms. The molecule has 2 N–H and O–H groups in total. The van der Waals surface area contributed by atoms with Crippen molar-refractivity contribution in [1.29, 1.82) is 0 Å². The Morgan fingerprint density at radius 2 is 2.00 bits per heavy atom. The molecule has 9 heteroatoms. The van der Waals surface area contributed by atoms with Crippen molar-refractivity contribution >= 4 is 17.6 Å². The number of urea groups is 1. The lowest BCUT2D eigenvalue weighted by molar-refractivity contribution is 0.138. The number of aromatic amines is 1. The van der Waals surface area contributed by atoms with Crippen LogP contribution in [0.5, 0.6) is 0 Å². The maximum atomic E-state index is 13.2. The van der Waals surface area contributed by atoms with E-state index in [4.69, 9.17) is 16.1 Å². The molecule has 1 saturated carbocycles. The molecule has 2 aromatic heterocycles. The first-order valence-electron chi connectivity index (χ1n) is 10.3. The summed E-state index contributed by atoms with van der Waals surface area (Å²) in [7, 11) is 0. The third kappa shape index (κ3) is 3.79. The number of hydrogen-bond donors (Lipinski definition) is 2. The summed E-state index contributed by atoms with van der Waals surface area (Å²) in [4.78, 5) is 27.1. The van der Waals surface area contributed by atoms with E-state index in [0.717, 1.165) is 42.6 Å². The highest BCUT2D eigenvalue weighted by molar-refractivity contribution is 6.30. The van der Waals surface area contributed by atoms with Crippen molar-refractivity contribution in [3.63, 3.8) is 0 Å². The first kappa shape index (κ1) is 19.1. The first-order chi connectivity index (χ1) is 14.7. The fourth-order valence-corrected chi connectivity index (χ4v) is 4.39. The van der Waals surface area contributed by atoms with E-state index in [1.54, 1.807) is 23.4 Å². The molecule has 156 valence electrons. The van der Waals surface area contributed by atoms with Crippen LogP contribution in [0.3, 0.4) is 0 Å². The van der Waals surface area contributed by atoms with Crippen LogP contribution in [-0.4, -0.2) is 37.1 Å². The number of imidazole rings is 1. The van der Waals surface area contributed by atoms with E-state index < -0.39 is 0 Å². The van der Waals surface area contributed by atoms with Gasteiger partial charge in [0, 0.05) is 23.0 Å².